The largest absolute Gasteiger partial charge is 0.480 e. The highest BCUT2D eigenvalue weighted by Gasteiger charge is 2.30. The number of hydrogen-bond donors (Lipinski definition) is 2. The molecular weight excluding hydrogens is 447 g/mol. The molecule has 1 fully saturated rings. The summed E-state index contributed by atoms with van der Waals surface area (Å²) < 4.78 is 0. The third kappa shape index (κ3) is 6.15. The Labute approximate surface area is 191 Å². The SMILES string of the molecule is CSc1ccc(/C=C/C(=O)N2CCC(C(=O)NC(C(=O)O)C(C)C)CC2)c(Cl)c1Cl. The minimum Gasteiger partial charge on any atom is -0.480 e. The van der Waals surface area contributed by atoms with E-state index < -0.39 is 12.0 Å². The van der Waals surface area contributed by atoms with Crippen molar-refractivity contribution in [3.05, 3.63) is 33.8 Å². The number of hydrogen-bond acceptors (Lipinski definition) is 4. The van der Waals surface area contributed by atoms with Gasteiger partial charge in [0.15, 0.2) is 0 Å². The summed E-state index contributed by atoms with van der Waals surface area (Å²) in [6.45, 7) is 4.36. The van der Waals surface area contributed by atoms with E-state index in [0.717, 1.165) is 4.90 Å². The molecule has 2 N–H and O–H groups in total. The minimum absolute atomic E-state index is 0.166. The number of carboxylic acids is 1. The maximum absolute atomic E-state index is 12.5. The summed E-state index contributed by atoms with van der Waals surface area (Å²) in [5, 5.41) is 12.7. The first-order valence-electron chi connectivity index (χ1n) is 9.67. The lowest BCUT2D eigenvalue weighted by molar-refractivity contribution is -0.144. The van der Waals surface area contributed by atoms with Crippen LogP contribution in [0.3, 0.4) is 0 Å². The van der Waals surface area contributed by atoms with E-state index in [2.05, 4.69) is 5.32 Å². The summed E-state index contributed by atoms with van der Waals surface area (Å²) in [5.41, 5.74) is 0.662. The summed E-state index contributed by atoms with van der Waals surface area (Å²) in [6.07, 6.45) is 5.98. The van der Waals surface area contributed by atoms with E-state index in [1.165, 1.54) is 17.8 Å². The van der Waals surface area contributed by atoms with E-state index in [1.54, 1.807) is 24.8 Å². The molecule has 1 aromatic rings. The number of carbonyl (C=O) groups excluding carboxylic acids is 2. The predicted molar refractivity (Wildman–Crippen MR) is 121 cm³/mol. The van der Waals surface area contributed by atoms with Crippen molar-refractivity contribution >= 4 is 58.8 Å². The van der Waals surface area contributed by atoms with Crippen LogP contribution in [0.25, 0.3) is 6.08 Å². The van der Waals surface area contributed by atoms with Crippen molar-refractivity contribution in [2.75, 3.05) is 19.3 Å². The smallest absolute Gasteiger partial charge is 0.326 e. The lowest BCUT2D eigenvalue weighted by atomic mass is 9.94. The van der Waals surface area contributed by atoms with E-state index >= 15 is 0 Å². The van der Waals surface area contributed by atoms with Gasteiger partial charge in [-0.05, 0) is 42.7 Å². The zero-order chi connectivity index (χ0) is 22.4. The first kappa shape index (κ1) is 24.6. The third-order valence-corrected chi connectivity index (χ3v) is 6.90. The molecule has 0 aromatic heterocycles. The Morgan fingerprint density at radius 2 is 1.83 bits per heavy atom. The van der Waals surface area contributed by atoms with Crippen LogP contribution in [0.2, 0.25) is 10.0 Å². The monoisotopic (exact) mass is 472 g/mol. The fraction of sp³-hybridized carbons (Fsp3) is 0.476. The molecule has 1 saturated heterocycles. The van der Waals surface area contributed by atoms with E-state index in [-0.39, 0.29) is 23.7 Å². The number of likely N-dealkylation sites (tertiary alicyclic amines) is 1. The molecule has 164 valence electrons. The molecule has 0 saturated carbocycles. The predicted octanol–water partition coefficient (Wildman–Crippen LogP) is 4.19. The molecular formula is C21H26Cl2N2O4S. The first-order chi connectivity index (χ1) is 14.1. The summed E-state index contributed by atoms with van der Waals surface area (Å²) in [6, 6.07) is 2.76. The zero-order valence-electron chi connectivity index (χ0n) is 17.2. The van der Waals surface area contributed by atoms with Gasteiger partial charge in [-0.3, -0.25) is 9.59 Å². The molecule has 6 nitrogen and oxygen atoms in total. The number of aliphatic carboxylic acids is 1. The number of benzene rings is 1. The van der Waals surface area contributed by atoms with Crippen molar-refractivity contribution in [3.8, 4) is 0 Å². The first-order valence-corrected chi connectivity index (χ1v) is 11.7. The van der Waals surface area contributed by atoms with Crippen LogP contribution >= 0.6 is 35.0 Å². The number of nitrogens with zero attached hydrogens (tertiary/aromatic N) is 1. The van der Waals surface area contributed by atoms with Gasteiger partial charge >= 0.3 is 5.97 Å². The molecule has 2 rings (SSSR count). The van der Waals surface area contributed by atoms with Crippen LogP contribution in [-0.2, 0) is 14.4 Å². The fourth-order valence-electron chi connectivity index (χ4n) is 3.25. The number of carbonyl (C=O) groups is 3. The Morgan fingerprint density at radius 3 is 2.37 bits per heavy atom. The standard InChI is InChI=1S/C21H26Cl2N2O4S/c1-12(2)19(21(28)29)24-20(27)14-8-10-25(11-9-14)16(26)7-5-13-4-6-15(30-3)18(23)17(13)22/h4-7,12,14,19H,8-11H2,1-3H3,(H,24,27)(H,28,29)/b7-5+. The second kappa shape index (κ2) is 11.1. The Hall–Kier alpha value is -1.70. The van der Waals surface area contributed by atoms with Gasteiger partial charge in [-0.2, -0.15) is 0 Å². The molecule has 0 spiro atoms. The van der Waals surface area contributed by atoms with Crippen LogP contribution < -0.4 is 5.32 Å². The molecule has 2 amide bonds. The van der Waals surface area contributed by atoms with Crippen LogP contribution in [0.15, 0.2) is 23.1 Å². The van der Waals surface area contributed by atoms with Gasteiger partial charge in [0.1, 0.15) is 6.04 Å². The number of piperidine rings is 1. The molecule has 1 heterocycles. The summed E-state index contributed by atoms with van der Waals surface area (Å²) in [4.78, 5) is 38.7. The Bertz CT molecular complexity index is 837. The maximum atomic E-state index is 12.5. The summed E-state index contributed by atoms with van der Waals surface area (Å²) in [5.74, 6) is -1.98. The van der Waals surface area contributed by atoms with E-state index in [1.807, 2.05) is 18.4 Å². The molecule has 30 heavy (non-hydrogen) atoms. The van der Waals surface area contributed by atoms with Gasteiger partial charge in [-0.25, -0.2) is 4.79 Å². The topological polar surface area (TPSA) is 86.7 Å². The van der Waals surface area contributed by atoms with Gasteiger partial charge in [0.2, 0.25) is 11.8 Å². The van der Waals surface area contributed by atoms with Crippen molar-refractivity contribution in [1.29, 1.82) is 0 Å². The molecule has 0 aliphatic carbocycles. The molecule has 1 aliphatic heterocycles. The highest BCUT2D eigenvalue weighted by atomic mass is 35.5. The van der Waals surface area contributed by atoms with Crippen molar-refractivity contribution < 1.29 is 19.5 Å². The number of halogens is 2. The quantitative estimate of drug-likeness (QED) is 0.458. The summed E-state index contributed by atoms with van der Waals surface area (Å²) in [7, 11) is 0. The van der Waals surface area contributed by atoms with E-state index in [0.29, 0.717) is 41.5 Å². The Balaban J connectivity index is 1.93. The van der Waals surface area contributed by atoms with E-state index in [9.17, 15) is 19.5 Å². The molecule has 0 bridgehead atoms. The van der Waals surface area contributed by atoms with Crippen molar-refractivity contribution in [2.45, 2.75) is 37.6 Å². The normalized spacial score (nSPS) is 16.1. The van der Waals surface area contributed by atoms with Crippen LogP contribution in [0.4, 0.5) is 0 Å². The zero-order valence-corrected chi connectivity index (χ0v) is 19.5. The molecule has 0 radical (unpaired) electrons. The molecule has 1 aliphatic rings. The Morgan fingerprint density at radius 1 is 1.20 bits per heavy atom. The highest BCUT2D eigenvalue weighted by molar-refractivity contribution is 7.98. The van der Waals surface area contributed by atoms with Crippen LogP contribution in [-0.4, -0.2) is 53.2 Å². The third-order valence-electron chi connectivity index (χ3n) is 5.11. The fourth-order valence-corrected chi connectivity index (χ4v) is 4.42. The van der Waals surface area contributed by atoms with Gasteiger partial charge in [0.05, 0.1) is 10.0 Å². The average molecular weight is 473 g/mol. The number of thioether (sulfide) groups is 1. The van der Waals surface area contributed by atoms with Gasteiger partial charge in [0.25, 0.3) is 0 Å². The van der Waals surface area contributed by atoms with Crippen molar-refractivity contribution in [1.82, 2.24) is 10.2 Å². The molecule has 1 atom stereocenters. The number of nitrogens with one attached hydrogen (secondary N) is 1. The second-order valence-corrected chi connectivity index (χ2v) is 9.09. The molecule has 1 unspecified atom stereocenters. The van der Waals surface area contributed by atoms with E-state index in [4.69, 9.17) is 23.2 Å². The lowest BCUT2D eigenvalue weighted by Gasteiger charge is -2.31. The second-order valence-electron chi connectivity index (χ2n) is 7.49. The number of rotatable bonds is 7. The minimum atomic E-state index is -1.04. The molecule has 1 aromatic carbocycles. The van der Waals surface area contributed by atoms with Gasteiger partial charge in [-0.1, -0.05) is 43.1 Å². The highest BCUT2D eigenvalue weighted by Crippen LogP contribution is 2.35. The lowest BCUT2D eigenvalue weighted by Crippen LogP contribution is -2.49. The van der Waals surface area contributed by atoms with Crippen LogP contribution in [0.5, 0.6) is 0 Å². The average Bonchev–Trinajstić information content (AvgIpc) is 2.72. The molecule has 9 heteroatoms. The van der Waals surface area contributed by atoms with Crippen molar-refractivity contribution in [3.63, 3.8) is 0 Å². The maximum Gasteiger partial charge on any atom is 0.326 e. The number of carboxylic acid groups (broad SMARTS) is 1. The van der Waals surface area contributed by atoms with Gasteiger partial charge < -0.3 is 15.3 Å². The number of amides is 2. The van der Waals surface area contributed by atoms with Gasteiger partial charge in [-0.15, -0.1) is 11.8 Å². The van der Waals surface area contributed by atoms with Crippen molar-refractivity contribution in [2.24, 2.45) is 11.8 Å². The van der Waals surface area contributed by atoms with Crippen LogP contribution in [0.1, 0.15) is 32.3 Å². The summed E-state index contributed by atoms with van der Waals surface area (Å²) >= 11 is 14.0. The van der Waals surface area contributed by atoms with Gasteiger partial charge in [0, 0.05) is 30.0 Å². The van der Waals surface area contributed by atoms with Crippen LogP contribution in [0, 0.1) is 11.8 Å². The Kier molecular flexibility index (Phi) is 9.07.